The molecule has 25 heavy (non-hydrogen) atoms. The van der Waals surface area contributed by atoms with E-state index in [2.05, 4.69) is 5.32 Å². The summed E-state index contributed by atoms with van der Waals surface area (Å²) in [7, 11) is 1.51. The maximum absolute atomic E-state index is 12.7. The van der Waals surface area contributed by atoms with Gasteiger partial charge in [0.25, 0.3) is 5.91 Å². The van der Waals surface area contributed by atoms with Crippen LogP contribution in [0.4, 0.5) is 5.69 Å². The minimum Gasteiger partial charge on any atom is -0.495 e. The number of nitrogens with zero attached hydrogens (tertiary/aromatic N) is 1. The van der Waals surface area contributed by atoms with E-state index in [1.807, 2.05) is 0 Å². The molecule has 2 aromatic carbocycles. The average Bonchev–Trinajstić information content (AvgIpc) is 2.94. The Morgan fingerprint density at radius 3 is 2.52 bits per heavy atom. The minimum absolute atomic E-state index is 0.195. The van der Waals surface area contributed by atoms with Gasteiger partial charge in [-0.2, -0.15) is 0 Å². The van der Waals surface area contributed by atoms with Gasteiger partial charge in [-0.05, 0) is 36.4 Å². The first-order valence-electron chi connectivity index (χ1n) is 7.37. The van der Waals surface area contributed by atoms with E-state index >= 15 is 0 Å². The molecule has 1 heterocycles. The number of halogens is 2. The zero-order valence-electron chi connectivity index (χ0n) is 13.5. The molecule has 0 saturated carbocycles. The van der Waals surface area contributed by atoms with Crippen molar-refractivity contribution in [3.63, 3.8) is 0 Å². The quantitative estimate of drug-likeness (QED) is 0.709. The second kappa shape index (κ2) is 6.78. The molecule has 0 bridgehead atoms. The summed E-state index contributed by atoms with van der Waals surface area (Å²) in [5.41, 5.74) is 1.48. The molecule has 0 aliphatic carbocycles. The van der Waals surface area contributed by atoms with E-state index in [0.717, 1.165) is 0 Å². The van der Waals surface area contributed by atoms with E-state index in [1.165, 1.54) is 24.8 Å². The van der Waals surface area contributed by atoms with Gasteiger partial charge in [0, 0.05) is 29.2 Å². The first-order chi connectivity index (χ1) is 11.9. The highest BCUT2D eigenvalue weighted by Crippen LogP contribution is 2.29. The molecule has 7 heteroatoms. The molecule has 0 atom stereocenters. The van der Waals surface area contributed by atoms with Crippen LogP contribution in [0.3, 0.4) is 0 Å². The number of carbonyl (C=O) groups is 2. The number of hydrogen-bond acceptors (Lipinski definition) is 3. The maximum atomic E-state index is 12.7. The SMILES string of the molecule is COc1ccc(NC(=O)c2cn(C(C)=O)c3ccc(Cl)cc23)cc1Cl. The van der Waals surface area contributed by atoms with Crippen molar-refractivity contribution in [2.24, 2.45) is 0 Å². The number of benzene rings is 2. The lowest BCUT2D eigenvalue weighted by Gasteiger charge is -2.07. The van der Waals surface area contributed by atoms with Crippen molar-refractivity contribution in [3.8, 4) is 5.75 Å². The number of methoxy groups -OCH3 is 1. The van der Waals surface area contributed by atoms with Gasteiger partial charge in [-0.15, -0.1) is 0 Å². The van der Waals surface area contributed by atoms with Gasteiger partial charge >= 0.3 is 0 Å². The summed E-state index contributed by atoms with van der Waals surface area (Å²) in [6, 6.07) is 9.98. The standard InChI is InChI=1S/C18H14Cl2N2O3/c1-10(23)22-9-14(13-7-11(19)3-5-16(13)22)18(24)21-12-4-6-17(25-2)15(20)8-12/h3-9H,1-2H3,(H,21,24). The number of amides is 1. The third kappa shape index (κ3) is 3.34. The van der Waals surface area contributed by atoms with E-state index in [4.69, 9.17) is 27.9 Å². The van der Waals surface area contributed by atoms with Gasteiger partial charge in [-0.25, -0.2) is 0 Å². The summed E-state index contributed by atoms with van der Waals surface area (Å²) in [6.45, 7) is 1.43. The van der Waals surface area contributed by atoms with Gasteiger partial charge in [0.1, 0.15) is 5.75 Å². The highest BCUT2D eigenvalue weighted by molar-refractivity contribution is 6.32. The first kappa shape index (κ1) is 17.3. The van der Waals surface area contributed by atoms with Crippen LogP contribution in [0.25, 0.3) is 10.9 Å². The average molecular weight is 377 g/mol. The van der Waals surface area contributed by atoms with E-state index in [0.29, 0.717) is 37.9 Å². The second-order valence-corrected chi connectivity index (χ2v) is 6.24. The van der Waals surface area contributed by atoms with Gasteiger partial charge in [0.15, 0.2) is 0 Å². The lowest BCUT2D eigenvalue weighted by atomic mass is 10.1. The van der Waals surface area contributed by atoms with Gasteiger partial charge in [0.2, 0.25) is 5.91 Å². The van der Waals surface area contributed by atoms with Crippen LogP contribution >= 0.6 is 23.2 Å². The van der Waals surface area contributed by atoms with Gasteiger partial charge in [-0.3, -0.25) is 14.2 Å². The van der Waals surface area contributed by atoms with Crippen molar-refractivity contribution in [3.05, 3.63) is 58.2 Å². The molecular formula is C18H14Cl2N2O3. The molecule has 0 unspecified atom stereocenters. The smallest absolute Gasteiger partial charge is 0.257 e. The van der Waals surface area contributed by atoms with Crippen LogP contribution < -0.4 is 10.1 Å². The normalized spacial score (nSPS) is 10.7. The highest BCUT2D eigenvalue weighted by Gasteiger charge is 2.17. The molecule has 0 radical (unpaired) electrons. The number of aromatic nitrogens is 1. The number of hydrogen-bond donors (Lipinski definition) is 1. The monoisotopic (exact) mass is 376 g/mol. The summed E-state index contributed by atoms with van der Waals surface area (Å²) in [5, 5.41) is 4.23. The predicted octanol–water partition coefficient (Wildman–Crippen LogP) is 4.87. The Labute approximate surface area is 154 Å². The summed E-state index contributed by atoms with van der Waals surface area (Å²) in [4.78, 5) is 24.5. The number of rotatable bonds is 3. The van der Waals surface area contributed by atoms with E-state index in [1.54, 1.807) is 36.4 Å². The Balaban J connectivity index is 2.01. The maximum Gasteiger partial charge on any atom is 0.257 e. The number of fused-ring (bicyclic) bond motifs is 1. The molecule has 1 aromatic heterocycles. The van der Waals surface area contributed by atoms with Crippen molar-refractivity contribution in [2.45, 2.75) is 6.92 Å². The van der Waals surface area contributed by atoms with Crippen molar-refractivity contribution in [2.75, 3.05) is 12.4 Å². The van der Waals surface area contributed by atoms with Crippen molar-refractivity contribution in [1.82, 2.24) is 4.57 Å². The molecule has 0 aliphatic rings. The molecule has 3 aromatic rings. The van der Waals surface area contributed by atoms with Crippen LogP contribution in [-0.2, 0) is 0 Å². The Hall–Kier alpha value is -2.50. The van der Waals surface area contributed by atoms with Gasteiger partial charge in [-0.1, -0.05) is 23.2 Å². The molecule has 1 amide bonds. The number of ether oxygens (including phenoxy) is 1. The van der Waals surface area contributed by atoms with Gasteiger partial charge in [0.05, 0.1) is 23.2 Å². The van der Waals surface area contributed by atoms with Crippen LogP contribution in [-0.4, -0.2) is 23.5 Å². The highest BCUT2D eigenvalue weighted by atomic mass is 35.5. The lowest BCUT2D eigenvalue weighted by Crippen LogP contribution is -2.12. The Kier molecular flexibility index (Phi) is 4.70. The fourth-order valence-corrected chi connectivity index (χ4v) is 3.02. The third-order valence-electron chi connectivity index (χ3n) is 3.76. The molecular weight excluding hydrogens is 363 g/mol. The summed E-state index contributed by atoms with van der Waals surface area (Å²) >= 11 is 12.1. The van der Waals surface area contributed by atoms with E-state index in [-0.39, 0.29) is 11.8 Å². The minimum atomic E-state index is -0.367. The molecule has 0 saturated heterocycles. The number of nitrogens with one attached hydrogen (secondary N) is 1. The third-order valence-corrected chi connectivity index (χ3v) is 4.29. The molecule has 5 nitrogen and oxygen atoms in total. The summed E-state index contributed by atoms with van der Waals surface area (Å²) < 4.78 is 6.51. The number of carbonyl (C=O) groups excluding carboxylic acids is 2. The van der Waals surface area contributed by atoms with Crippen LogP contribution in [0.2, 0.25) is 10.0 Å². The Morgan fingerprint density at radius 1 is 1.12 bits per heavy atom. The van der Waals surface area contributed by atoms with Crippen molar-refractivity contribution < 1.29 is 14.3 Å². The molecule has 0 aliphatic heterocycles. The van der Waals surface area contributed by atoms with Crippen molar-refractivity contribution >= 4 is 51.6 Å². The largest absolute Gasteiger partial charge is 0.495 e. The van der Waals surface area contributed by atoms with Crippen LogP contribution in [0.5, 0.6) is 5.75 Å². The molecule has 1 N–H and O–H groups in total. The predicted molar refractivity (Wildman–Crippen MR) is 99.2 cm³/mol. The van der Waals surface area contributed by atoms with Gasteiger partial charge < -0.3 is 10.1 Å². The molecule has 128 valence electrons. The fraction of sp³-hybridized carbons (Fsp3) is 0.111. The zero-order valence-corrected chi connectivity index (χ0v) is 15.0. The summed E-state index contributed by atoms with van der Waals surface area (Å²) in [5.74, 6) is -0.0491. The van der Waals surface area contributed by atoms with Crippen LogP contribution in [0, 0.1) is 0 Å². The molecule has 0 fully saturated rings. The lowest BCUT2D eigenvalue weighted by molar-refractivity contribution is 0.0941. The Bertz CT molecular complexity index is 995. The fourth-order valence-electron chi connectivity index (χ4n) is 2.59. The molecule has 3 rings (SSSR count). The Morgan fingerprint density at radius 2 is 1.88 bits per heavy atom. The first-order valence-corrected chi connectivity index (χ1v) is 8.12. The van der Waals surface area contributed by atoms with Crippen LogP contribution in [0.15, 0.2) is 42.6 Å². The zero-order chi connectivity index (χ0) is 18.1. The number of anilines is 1. The summed E-state index contributed by atoms with van der Waals surface area (Å²) in [6.07, 6.45) is 1.50. The van der Waals surface area contributed by atoms with E-state index < -0.39 is 0 Å². The van der Waals surface area contributed by atoms with E-state index in [9.17, 15) is 9.59 Å². The van der Waals surface area contributed by atoms with Crippen LogP contribution in [0.1, 0.15) is 22.1 Å². The topological polar surface area (TPSA) is 60.3 Å². The van der Waals surface area contributed by atoms with Crippen molar-refractivity contribution in [1.29, 1.82) is 0 Å². The second-order valence-electron chi connectivity index (χ2n) is 5.40. The molecule has 0 spiro atoms.